The maximum Gasteiger partial charge on any atom is 0.332 e. The van der Waals surface area contributed by atoms with Crippen LogP contribution in [-0.4, -0.2) is 34.1 Å². The van der Waals surface area contributed by atoms with Crippen LogP contribution in [0.4, 0.5) is 0 Å². The summed E-state index contributed by atoms with van der Waals surface area (Å²) in [5.41, 5.74) is 0.609. The Morgan fingerprint density at radius 3 is 1.95 bits per heavy atom. The first-order chi connectivity index (χ1) is 9.26. The normalized spacial score (nSPS) is 7.95. The van der Waals surface area contributed by atoms with Crippen molar-refractivity contribution in [3.8, 4) is 0 Å². The summed E-state index contributed by atoms with van der Waals surface area (Å²) in [6, 6.07) is 0. The minimum Gasteiger partial charge on any atom is -0.478 e. The van der Waals surface area contributed by atoms with Gasteiger partial charge in [-0.25, -0.2) is 14.6 Å². The number of H-pyrrole nitrogens is 1. The van der Waals surface area contributed by atoms with Crippen molar-refractivity contribution in [2.24, 2.45) is 0 Å². The maximum atomic E-state index is 10.2. The van der Waals surface area contributed by atoms with Gasteiger partial charge in [-0.15, -0.1) is 0 Å². The third-order valence-electron chi connectivity index (χ3n) is 1.61. The van der Waals surface area contributed by atoms with Crippen LogP contribution in [0.3, 0.4) is 0 Å². The van der Waals surface area contributed by atoms with Crippen molar-refractivity contribution >= 4 is 18.0 Å². The Balaban J connectivity index is 0. The molecule has 0 aromatic carbocycles. The van der Waals surface area contributed by atoms with Gasteiger partial charge in [-0.05, 0) is 19.9 Å². The van der Waals surface area contributed by atoms with Gasteiger partial charge in [0.2, 0.25) is 0 Å². The van der Waals surface area contributed by atoms with Crippen LogP contribution in [0.1, 0.15) is 19.7 Å². The lowest BCUT2D eigenvalue weighted by Gasteiger charge is -1.91. The number of aromatic amines is 1. The summed E-state index contributed by atoms with van der Waals surface area (Å²) >= 11 is 0. The molecule has 0 bridgehead atoms. The van der Waals surface area contributed by atoms with Crippen molar-refractivity contribution in [1.82, 2.24) is 9.97 Å². The first-order valence-corrected chi connectivity index (χ1v) is 5.50. The second kappa shape index (κ2) is 11.5. The predicted molar refractivity (Wildman–Crippen MR) is 78.0 cm³/mol. The third-order valence-corrected chi connectivity index (χ3v) is 1.61. The Bertz CT molecular complexity index is 450. The van der Waals surface area contributed by atoms with Crippen molar-refractivity contribution in [3.05, 3.63) is 49.1 Å². The van der Waals surface area contributed by atoms with Crippen LogP contribution in [0.25, 0.3) is 6.08 Å². The lowest BCUT2D eigenvalue weighted by atomic mass is 10.4. The van der Waals surface area contributed by atoms with Gasteiger partial charge in [0.05, 0.1) is 7.11 Å². The SMILES string of the molecule is C=C(C)C(=O)O.C=C(C)C(=O)OC.C=Cc1ncc[nH]1. The van der Waals surface area contributed by atoms with E-state index in [1.54, 1.807) is 25.4 Å². The lowest BCUT2D eigenvalue weighted by molar-refractivity contribution is -0.136. The summed E-state index contributed by atoms with van der Waals surface area (Å²) in [5, 5.41) is 7.89. The lowest BCUT2D eigenvalue weighted by Crippen LogP contribution is -1.98. The van der Waals surface area contributed by atoms with Crippen LogP contribution in [0.2, 0.25) is 0 Å². The van der Waals surface area contributed by atoms with E-state index in [2.05, 4.69) is 34.4 Å². The first-order valence-electron chi connectivity index (χ1n) is 5.50. The number of imidazole rings is 1. The van der Waals surface area contributed by atoms with Gasteiger partial charge in [-0.1, -0.05) is 19.7 Å². The highest BCUT2D eigenvalue weighted by Gasteiger charge is 1.95. The largest absolute Gasteiger partial charge is 0.478 e. The molecule has 0 spiro atoms. The molecule has 1 aromatic heterocycles. The summed E-state index contributed by atoms with van der Waals surface area (Å²) in [5.74, 6) is -0.463. The molecule has 0 radical (unpaired) electrons. The molecule has 0 fully saturated rings. The third kappa shape index (κ3) is 11.8. The fourth-order valence-corrected chi connectivity index (χ4v) is 0.563. The Labute approximate surface area is 118 Å². The summed E-state index contributed by atoms with van der Waals surface area (Å²) in [4.78, 5) is 26.5. The zero-order chi connectivity index (χ0) is 16.1. The van der Waals surface area contributed by atoms with E-state index >= 15 is 0 Å². The number of carboxylic acids is 1. The molecule has 0 unspecified atom stereocenters. The zero-order valence-electron chi connectivity index (χ0n) is 12.0. The molecule has 0 aliphatic heterocycles. The van der Waals surface area contributed by atoms with Gasteiger partial charge in [0.1, 0.15) is 5.82 Å². The summed E-state index contributed by atoms with van der Waals surface area (Å²) < 4.78 is 4.27. The molecule has 1 rings (SSSR count). The number of carbonyl (C=O) groups excluding carboxylic acids is 1. The van der Waals surface area contributed by atoms with Gasteiger partial charge in [0.15, 0.2) is 0 Å². The number of carbonyl (C=O) groups is 2. The van der Waals surface area contributed by atoms with Gasteiger partial charge in [0.25, 0.3) is 0 Å². The first kappa shape index (κ1) is 19.7. The minimum absolute atomic E-state index is 0.176. The Morgan fingerprint density at radius 1 is 1.35 bits per heavy atom. The number of rotatable bonds is 3. The zero-order valence-corrected chi connectivity index (χ0v) is 12.0. The molecule has 6 nitrogen and oxygen atoms in total. The highest BCUT2D eigenvalue weighted by Crippen LogP contribution is 1.87. The molecule has 0 atom stereocenters. The van der Waals surface area contributed by atoms with Crippen LogP contribution in [0.5, 0.6) is 0 Å². The Hall–Kier alpha value is -2.63. The van der Waals surface area contributed by atoms with Crippen molar-refractivity contribution in [1.29, 1.82) is 0 Å². The molecule has 1 heterocycles. The number of esters is 1. The molecule has 2 N–H and O–H groups in total. The van der Waals surface area contributed by atoms with E-state index < -0.39 is 5.97 Å². The number of ether oxygens (including phenoxy) is 1. The van der Waals surface area contributed by atoms with Crippen LogP contribution in [0, 0.1) is 0 Å². The number of hydrogen-bond acceptors (Lipinski definition) is 4. The minimum atomic E-state index is -0.935. The molecule has 6 heteroatoms. The summed E-state index contributed by atoms with van der Waals surface area (Å²) in [7, 11) is 1.33. The molecule has 0 aliphatic rings. The number of hydrogen-bond donors (Lipinski definition) is 2. The van der Waals surface area contributed by atoms with Crippen molar-refractivity contribution in [3.63, 3.8) is 0 Å². The van der Waals surface area contributed by atoms with Crippen LogP contribution in [0.15, 0.2) is 43.3 Å². The number of nitrogens with zero attached hydrogens (tertiary/aromatic N) is 1. The monoisotopic (exact) mass is 280 g/mol. The number of aliphatic carboxylic acids is 1. The molecular formula is C14H20N2O4. The highest BCUT2D eigenvalue weighted by molar-refractivity contribution is 5.86. The summed E-state index contributed by atoms with van der Waals surface area (Å²) in [6.07, 6.45) is 5.12. The molecule has 0 saturated heterocycles. The quantitative estimate of drug-likeness (QED) is 0.655. The number of carboxylic acid groups (broad SMARTS) is 1. The number of nitrogens with one attached hydrogen (secondary N) is 1. The molecule has 0 amide bonds. The smallest absolute Gasteiger partial charge is 0.332 e. The van der Waals surface area contributed by atoms with Crippen molar-refractivity contribution in [2.45, 2.75) is 13.8 Å². The van der Waals surface area contributed by atoms with E-state index in [1.165, 1.54) is 14.0 Å². The number of aromatic nitrogens is 2. The molecule has 0 saturated carbocycles. The van der Waals surface area contributed by atoms with E-state index in [1.807, 2.05) is 0 Å². The van der Waals surface area contributed by atoms with Gasteiger partial charge < -0.3 is 14.8 Å². The van der Waals surface area contributed by atoms with Crippen LogP contribution >= 0.6 is 0 Å². The van der Waals surface area contributed by atoms with Crippen molar-refractivity contribution in [2.75, 3.05) is 7.11 Å². The van der Waals surface area contributed by atoms with Crippen molar-refractivity contribution < 1.29 is 19.4 Å². The van der Waals surface area contributed by atoms with Gasteiger partial charge in [0, 0.05) is 23.5 Å². The average Bonchev–Trinajstić information content (AvgIpc) is 2.92. The Kier molecular flexibility index (Phi) is 11.3. The predicted octanol–water partition coefficient (Wildman–Crippen LogP) is 2.44. The average molecular weight is 280 g/mol. The van der Waals surface area contributed by atoms with E-state index in [-0.39, 0.29) is 11.5 Å². The Morgan fingerprint density at radius 2 is 1.85 bits per heavy atom. The molecule has 20 heavy (non-hydrogen) atoms. The van der Waals surface area contributed by atoms with Gasteiger partial charge in [-0.3, -0.25) is 0 Å². The fourth-order valence-electron chi connectivity index (χ4n) is 0.563. The number of methoxy groups -OCH3 is 1. The van der Waals surface area contributed by atoms with E-state index in [0.717, 1.165) is 5.82 Å². The summed E-state index contributed by atoms with van der Waals surface area (Å²) in [6.45, 7) is 13.1. The molecular weight excluding hydrogens is 260 g/mol. The topological polar surface area (TPSA) is 92.3 Å². The molecule has 110 valence electrons. The van der Waals surface area contributed by atoms with Gasteiger partial charge >= 0.3 is 11.9 Å². The second-order valence-corrected chi connectivity index (χ2v) is 3.54. The maximum absolute atomic E-state index is 10.2. The fraction of sp³-hybridized carbons (Fsp3) is 0.214. The van der Waals surface area contributed by atoms with E-state index in [9.17, 15) is 9.59 Å². The molecule has 1 aromatic rings. The highest BCUT2D eigenvalue weighted by atomic mass is 16.5. The van der Waals surface area contributed by atoms with E-state index in [0.29, 0.717) is 5.57 Å². The standard InChI is InChI=1S/C5H6N2.C5H8O2.C4H6O2/c1-2-5-6-3-4-7-5;1-4(2)5(6)7-3;1-3(2)4(5)6/h2-4H,1H2,(H,6,7);1H2,2-3H3;1H2,2H3,(H,5,6). The van der Waals surface area contributed by atoms with E-state index in [4.69, 9.17) is 5.11 Å². The van der Waals surface area contributed by atoms with Gasteiger partial charge in [-0.2, -0.15) is 0 Å². The second-order valence-electron chi connectivity index (χ2n) is 3.54. The van der Waals surface area contributed by atoms with Crippen LogP contribution in [-0.2, 0) is 14.3 Å². The van der Waals surface area contributed by atoms with Crippen LogP contribution < -0.4 is 0 Å². The molecule has 0 aliphatic carbocycles.